The average molecular weight is 214 g/mol. The molecular formula is C12H22O3. The molecule has 0 saturated carbocycles. The summed E-state index contributed by atoms with van der Waals surface area (Å²) in [7, 11) is 0. The Morgan fingerprint density at radius 1 is 1.20 bits per heavy atom. The molecule has 0 bridgehead atoms. The largest absolute Gasteiger partial charge is 0.479 e. The fourth-order valence-corrected chi connectivity index (χ4v) is 1.35. The van der Waals surface area contributed by atoms with Crippen LogP contribution in [0.2, 0.25) is 0 Å². The van der Waals surface area contributed by atoms with E-state index in [4.69, 9.17) is 10.2 Å². The van der Waals surface area contributed by atoms with Crippen molar-refractivity contribution in [2.24, 2.45) is 0 Å². The van der Waals surface area contributed by atoms with Crippen molar-refractivity contribution < 1.29 is 15.0 Å². The summed E-state index contributed by atoms with van der Waals surface area (Å²) < 4.78 is 0. The fourth-order valence-electron chi connectivity index (χ4n) is 1.35. The van der Waals surface area contributed by atoms with Gasteiger partial charge >= 0.3 is 5.97 Å². The molecule has 0 aromatic heterocycles. The van der Waals surface area contributed by atoms with Crippen LogP contribution in [0.25, 0.3) is 0 Å². The van der Waals surface area contributed by atoms with E-state index < -0.39 is 12.1 Å². The summed E-state index contributed by atoms with van der Waals surface area (Å²) >= 11 is 0. The lowest BCUT2D eigenvalue weighted by molar-refractivity contribution is -0.144. The first-order valence-corrected chi connectivity index (χ1v) is 5.76. The summed E-state index contributed by atoms with van der Waals surface area (Å²) in [4.78, 5) is 10.2. The van der Waals surface area contributed by atoms with Crippen LogP contribution in [-0.2, 0) is 4.79 Å². The Labute approximate surface area is 91.8 Å². The molecule has 0 aliphatic heterocycles. The Balaban J connectivity index is 3.27. The van der Waals surface area contributed by atoms with Crippen molar-refractivity contribution in [2.75, 3.05) is 0 Å². The number of rotatable bonds is 9. The van der Waals surface area contributed by atoms with Crippen molar-refractivity contribution in [1.29, 1.82) is 0 Å². The van der Waals surface area contributed by atoms with Gasteiger partial charge in [0.05, 0.1) is 0 Å². The van der Waals surface area contributed by atoms with Crippen molar-refractivity contribution in [3.05, 3.63) is 12.2 Å². The molecule has 3 nitrogen and oxygen atoms in total. The van der Waals surface area contributed by atoms with E-state index in [2.05, 4.69) is 6.92 Å². The number of allylic oxidation sites excluding steroid dienone is 1. The van der Waals surface area contributed by atoms with Gasteiger partial charge in [-0.3, -0.25) is 0 Å². The predicted molar refractivity (Wildman–Crippen MR) is 60.8 cm³/mol. The quantitative estimate of drug-likeness (QED) is 0.458. The molecule has 88 valence electrons. The Morgan fingerprint density at radius 2 is 1.80 bits per heavy atom. The zero-order chi connectivity index (χ0) is 11.5. The molecule has 0 aliphatic rings. The van der Waals surface area contributed by atoms with Gasteiger partial charge in [0.2, 0.25) is 0 Å². The molecule has 0 aromatic carbocycles. The molecule has 0 aromatic rings. The molecule has 0 amide bonds. The van der Waals surface area contributed by atoms with E-state index in [1.807, 2.05) is 0 Å². The molecule has 0 saturated heterocycles. The van der Waals surface area contributed by atoms with Gasteiger partial charge < -0.3 is 10.2 Å². The molecule has 0 radical (unpaired) electrons. The lowest BCUT2D eigenvalue weighted by Gasteiger charge is -1.99. The topological polar surface area (TPSA) is 57.5 Å². The monoisotopic (exact) mass is 214 g/mol. The zero-order valence-corrected chi connectivity index (χ0v) is 9.48. The summed E-state index contributed by atoms with van der Waals surface area (Å²) in [6, 6.07) is 0. The molecule has 0 aliphatic carbocycles. The van der Waals surface area contributed by atoms with Gasteiger partial charge in [-0.05, 0) is 18.9 Å². The van der Waals surface area contributed by atoms with Crippen molar-refractivity contribution in [3.63, 3.8) is 0 Å². The summed E-state index contributed by atoms with van der Waals surface area (Å²) in [5, 5.41) is 17.3. The van der Waals surface area contributed by atoms with E-state index in [1.165, 1.54) is 38.2 Å². The highest BCUT2D eigenvalue weighted by Gasteiger charge is 2.06. The second-order valence-corrected chi connectivity index (χ2v) is 3.77. The Bertz CT molecular complexity index is 187. The van der Waals surface area contributed by atoms with Gasteiger partial charge in [0.1, 0.15) is 0 Å². The summed E-state index contributed by atoms with van der Waals surface area (Å²) in [5.74, 6) is -1.19. The van der Waals surface area contributed by atoms with Gasteiger partial charge in [-0.25, -0.2) is 4.79 Å². The molecule has 1 unspecified atom stereocenters. The standard InChI is InChI=1S/C12H22O3/c1-2-3-4-5-6-7-8-9-10-11(13)12(14)15/h9-11,13H,2-8H2,1H3,(H,14,15). The molecule has 0 heterocycles. The van der Waals surface area contributed by atoms with Crippen LogP contribution in [0.3, 0.4) is 0 Å². The maximum absolute atomic E-state index is 10.2. The number of hydrogen-bond donors (Lipinski definition) is 2. The third kappa shape index (κ3) is 9.47. The van der Waals surface area contributed by atoms with Crippen molar-refractivity contribution in [1.82, 2.24) is 0 Å². The van der Waals surface area contributed by atoms with Crippen LogP contribution in [-0.4, -0.2) is 22.3 Å². The number of unbranched alkanes of at least 4 members (excludes halogenated alkanes) is 6. The first-order valence-electron chi connectivity index (χ1n) is 5.76. The normalized spacial score (nSPS) is 13.2. The molecular weight excluding hydrogens is 192 g/mol. The summed E-state index contributed by atoms with van der Waals surface area (Å²) in [6.07, 6.45) is 9.97. The third-order valence-electron chi connectivity index (χ3n) is 2.30. The van der Waals surface area contributed by atoms with Crippen LogP contribution in [0.1, 0.15) is 51.9 Å². The van der Waals surface area contributed by atoms with Gasteiger partial charge in [-0.1, -0.05) is 45.1 Å². The molecule has 0 rings (SSSR count). The Hall–Kier alpha value is -0.830. The average Bonchev–Trinajstić information content (AvgIpc) is 2.21. The number of carboxylic acid groups (broad SMARTS) is 1. The van der Waals surface area contributed by atoms with E-state index >= 15 is 0 Å². The number of carboxylic acids is 1. The van der Waals surface area contributed by atoms with E-state index in [-0.39, 0.29) is 0 Å². The smallest absolute Gasteiger partial charge is 0.336 e. The SMILES string of the molecule is CCCCCCCCC=CC(O)C(=O)O. The van der Waals surface area contributed by atoms with Crippen LogP contribution in [0.4, 0.5) is 0 Å². The molecule has 2 N–H and O–H groups in total. The highest BCUT2D eigenvalue weighted by Crippen LogP contribution is 2.07. The number of aliphatic hydroxyl groups is 1. The van der Waals surface area contributed by atoms with E-state index in [9.17, 15) is 4.79 Å². The minimum Gasteiger partial charge on any atom is -0.479 e. The van der Waals surface area contributed by atoms with Gasteiger partial charge in [-0.2, -0.15) is 0 Å². The Morgan fingerprint density at radius 3 is 2.40 bits per heavy atom. The molecule has 0 fully saturated rings. The predicted octanol–water partition coefficient (Wildman–Crippen LogP) is 2.74. The molecule has 3 heteroatoms. The van der Waals surface area contributed by atoms with Crippen molar-refractivity contribution in [3.8, 4) is 0 Å². The van der Waals surface area contributed by atoms with Crippen LogP contribution in [0.5, 0.6) is 0 Å². The summed E-state index contributed by atoms with van der Waals surface area (Å²) in [5.41, 5.74) is 0. The minimum absolute atomic E-state index is 0.858. The highest BCUT2D eigenvalue weighted by atomic mass is 16.4. The zero-order valence-electron chi connectivity index (χ0n) is 9.48. The van der Waals surface area contributed by atoms with E-state index in [1.54, 1.807) is 6.08 Å². The van der Waals surface area contributed by atoms with Crippen molar-refractivity contribution in [2.45, 2.75) is 58.0 Å². The fraction of sp³-hybridized carbons (Fsp3) is 0.750. The van der Waals surface area contributed by atoms with Gasteiger partial charge in [0.25, 0.3) is 0 Å². The van der Waals surface area contributed by atoms with Gasteiger partial charge in [-0.15, -0.1) is 0 Å². The van der Waals surface area contributed by atoms with E-state index in [0.717, 1.165) is 12.8 Å². The number of carbonyl (C=O) groups is 1. The summed E-state index contributed by atoms with van der Waals surface area (Å²) in [6.45, 7) is 2.19. The van der Waals surface area contributed by atoms with Crippen LogP contribution >= 0.6 is 0 Å². The minimum atomic E-state index is -1.34. The maximum Gasteiger partial charge on any atom is 0.336 e. The molecule has 15 heavy (non-hydrogen) atoms. The Kier molecular flexibility index (Phi) is 9.18. The third-order valence-corrected chi connectivity index (χ3v) is 2.30. The second-order valence-electron chi connectivity index (χ2n) is 3.77. The van der Waals surface area contributed by atoms with Crippen LogP contribution in [0, 0.1) is 0 Å². The van der Waals surface area contributed by atoms with Crippen LogP contribution < -0.4 is 0 Å². The molecule has 1 atom stereocenters. The number of aliphatic carboxylic acids is 1. The highest BCUT2D eigenvalue weighted by molar-refractivity contribution is 5.74. The number of aliphatic hydroxyl groups excluding tert-OH is 1. The van der Waals surface area contributed by atoms with Gasteiger partial charge in [0.15, 0.2) is 6.10 Å². The lowest BCUT2D eigenvalue weighted by atomic mass is 10.1. The maximum atomic E-state index is 10.2. The first kappa shape index (κ1) is 14.2. The molecule has 0 spiro atoms. The number of hydrogen-bond acceptors (Lipinski definition) is 2. The lowest BCUT2D eigenvalue weighted by Crippen LogP contribution is -2.15. The van der Waals surface area contributed by atoms with Crippen molar-refractivity contribution >= 4 is 5.97 Å². The van der Waals surface area contributed by atoms with E-state index in [0.29, 0.717) is 0 Å². The second kappa shape index (κ2) is 9.71. The first-order chi connectivity index (χ1) is 7.18. The van der Waals surface area contributed by atoms with Crippen LogP contribution in [0.15, 0.2) is 12.2 Å². The van der Waals surface area contributed by atoms with Gasteiger partial charge in [0, 0.05) is 0 Å².